The third kappa shape index (κ3) is 4.21. The van der Waals surface area contributed by atoms with Crippen LogP contribution in [0.3, 0.4) is 0 Å². The van der Waals surface area contributed by atoms with Gasteiger partial charge in [0.05, 0.1) is 33.9 Å². The fraction of sp³-hybridized carbons (Fsp3) is 0.0909. The molecule has 31 heavy (non-hydrogen) atoms. The van der Waals surface area contributed by atoms with Gasteiger partial charge >= 0.3 is 5.97 Å². The second-order valence-electron chi connectivity index (χ2n) is 6.59. The van der Waals surface area contributed by atoms with Gasteiger partial charge in [0.15, 0.2) is 6.61 Å². The van der Waals surface area contributed by atoms with E-state index in [-0.39, 0.29) is 27.4 Å². The molecular formula is C22H15ClN2O5S. The smallest absolute Gasteiger partial charge is 0.338 e. The van der Waals surface area contributed by atoms with Crippen LogP contribution in [-0.2, 0) is 16.1 Å². The molecule has 0 aliphatic carbocycles. The summed E-state index contributed by atoms with van der Waals surface area (Å²) in [6, 6.07) is 14.3. The Bertz CT molecular complexity index is 1190. The molecule has 9 heteroatoms. The van der Waals surface area contributed by atoms with E-state index in [2.05, 4.69) is 5.32 Å². The molecule has 0 fully saturated rings. The van der Waals surface area contributed by atoms with Crippen molar-refractivity contribution in [2.24, 2.45) is 0 Å². The molecule has 0 saturated heterocycles. The van der Waals surface area contributed by atoms with Crippen molar-refractivity contribution in [1.29, 1.82) is 0 Å². The van der Waals surface area contributed by atoms with Gasteiger partial charge in [0.2, 0.25) is 0 Å². The zero-order valence-electron chi connectivity index (χ0n) is 16.0. The first-order chi connectivity index (χ1) is 15.0. The predicted molar refractivity (Wildman–Crippen MR) is 115 cm³/mol. The van der Waals surface area contributed by atoms with Crippen LogP contribution in [0, 0.1) is 0 Å². The number of hydrogen-bond donors (Lipinski definition) is 1. The van der Waals surface area contributed by atoms with Gasteiger partial charge < -0.3 is 10.1 Å². The van der Waals surface area contributed by atoms with Gasteiger partial charge in [-0.3, -0.25) is 14.4 Å². The maximum absolute atomic E-state index is 12.8. The third-order valence-corrected chi connectivity index (χ3v) is 5.79. The number of amides is 3. The van der Waals surface area contributed by atoms with E-state index >= 15 is 0 Å². The van der Waals surface area contributed by atoms with Crippen LogP contribution in [0.25, 0.3) is 0 Å². The van der Waals surface area contributed by atoms with Gasteiger partial charge in [-0.1, -0.05) is 29.8 Å². The van der Waals surface area contributed by atoms with E-state index in [1.165, 1.54) is 29.5 Å². The Hall–Kier alpha value is -3.49. The van der Waals surface area contributed by atoms with Gasteiger partial charge in [-0.15, -0.1) is 11.3 Å². The third-order valence-electron chi connectivity index (χ3n) is 4.59. The molecule has 0 atom stereocenters. The van der Waals surface area contributed by atoms with Crippen LogP contribution in [0.1, 0.15) is 36.0 Å². The van der Waals surface area contributed by atoms with Crippen molar-refractivity contribution in [1.82, 2.24) is 5.32 Å². The van der Waals surface area contributed by atoms with Crippen LogP contribution >= 0.6 is 22.9 Å². The van der Waals surface area contributed by atoms with Gasteiger partial charge in [0.1, 0.15) is 0 Å². The molecule has 4 rings (SSSR count). The molecule has 0 bridgehead atoms. The van der Waals surface area contributed by atoms with Gasteiger partial charge in [0, 0.05) is 4.88 Å². The molecule has 0 unspecified atom stereocenters. The maximum atomic E-state index is 12.8. The van der Waals surface area contributed by atoms with Crippen LogP contribution in [-0.4, -0.2) is 30.3 Å². The quantitative estimate of drug-likeness (QED) is 0.453. The zero-order valence-corrected chi connectivity index (χ0v) is 17.5. The lowest BCUT2D eigenvalue weighted by atomic mass is 10.1. The Morgan fingerprint density at radius 1 is 1.00 bits per heavy atom. The minimum atomic E-state index is -0.773. The molecule has 1 aliphatic heterocycles. The van der Waals surface area contributed by atoms with Crippen molar-refractivity contribution in [2.45, 2.75) is 6.54 Å². The average Bonchev–Trinajstić information content (AvgIpc) is 3.38. The highest BCUT2D eigenvalue weighted by Gasteiger charge is 2.38. The van der Waals surface area contributed by atoms with Crippen LogP contribution in [0.4, 0.5) is 5.69 Å². The molecule has 2 aromatic carbocycles. The number of hydrogen-bond acceptors (Lipinski definition) is 6. The Labute approximate surface area is 186 Å². The number of carbonyl (C=O) groups is 4. The second kappa shape index (κ2) is 8.71. The SMILES string of the molecule is O=C(COC(=O)c1ccc2c(c1)C(=O)N(c1ccccc1Cl)C2=O)NCc1cccs1. The molecule has 1 N–H and O–H groups in total. The van der Waals surface area contributed by atoms with E-state index in [0.29, 0.717) is 6.54 Å². The lowest BCUT2D eigenvalue weighted by molar-refractivity contribution is -0.124. The summed E-state index contributed by atoms with van der Waals surface area (Å²) in [6.45, 7) is -0.110. The van der Waals surface area contributed by atoms with Crippen molar-refractivity contribution in [2.75, 3.05) is 11.5 Å². The molecule has 1 aromatic heterocycles. The van der Waals surface area contributed by atoms with E-state index in [1.807, 2.05) is 17.5 Å². The highest BCUT2D eigenvalue weighted by molar-refractivity contribution is 7.09. The van der Waals surface area contributed by atoms with Gasteiger partial charge in [-0.2, -0.15) is 0 Å². The summed E-state index contributed by atoms with van der Waals surface area (Å²) in [5, 5.41) is 4.80. The summed E-state index contributed by atoms with van der Waals surface area (Å²) in [4.78, 5) is 51.7. The van der Waals surface area contributed by atoms with Crippen LogP contribution in [0.5, 0.6) is 0 Å². The van der Waals surface area contributed by atoms with E-state index in [9.17, 15) is 19.2 Å². The number of halogens is 1. The largest absolute Gasteiger partial charge is 0.452 e. The molecule has 0 radical (unpaired) electrons. The summed E-state index contributed by atoms with van der Waals surface area (Å²) in [5.41, 5.74) is 0.561. The van der Waals surface area contributed by atoms with E-state index in [0.717, 1.165) is 9.78 Å². The van der Waals surface area contributed by atoms with E-state index in [4.69, 9.17) is 16.3 Å². The number of thiophene rings is 1. The molecule has 0 saturated carbocycles. The first-order valence-corrected chi connectivity index (χ1v) is 10.4. The summed E-state index contributed by atoms with van der Waals surface area (Å²) in [5.74, 6) is -2.33. The zero-order chi connectivity index (χ0) is 22.0. The number of benzene rings is 2. The average molecular weight is 455 g/mol. The van der Waals surface area contributed by atoms with Crippen LogP contribution in [0.15, 0.2) is 60.0 Å². The van der Waals surface area contributed by atoms with Crippen molar-refractivity contribution >= 4 is 52.3 Å². The van der Waals surface area contributed by atoms with Crippen LogP contribution < -0.4 is 10.2 Å². The van der Waals surface area contributed by atoms with Crippen molar-refractivity contribution in [3.63, 3.8) is 0 Å². The minimum Gasteiger partial charge on any atom is -0.452 e. The topological polar surface area (TPSA) is 92.8 Å². The Morgan fingerprint density at radius 3 is 2.52 bits per heavy atom. The lowest BCUT2D eigenvalue weighted by Crippen LogP contribution is -2.29. The number of nitrogens with one attached hydrogen (secondary N) is 1. The minimum absolute atomic E-state index is 0.0620. The summed E-state index contributed by atoms with van der Waals surface area (Å²) >= 11 is 7.63. The van der Waals surface area contributed by atoms with Crippen molar-refractivity contribution in [3.05, 3.63) is 86.6 Å². The number of carbonyl (C=O) groups excluding carboxylic acids is 4. The number of esters is 1. The number of nitrogens with zero attached hydrogens (tertiary/aromatic N) is 1. The maximum Gasteiger partial charge on any atom is 0.338 e. The normalized spacial score (nSPS) is 12.6. The fourth-order valence-corrected chi connectivity index (χ4v) is 3.95. The number of imide groups is 1. The van der Waals surface area contributed by atoms with Gasteiger partial charge in [0.25, 0.3) is 17.7 Å². The van der Waals surface area contributed by atoms with E-state index < -0.39 is 30.3 Å². The number of ether oxygens (including phenoxy) is 1. The van der Waals surface area contributed by atoms with E-state index in [1.54, 1.807) is 24.3 Å². The molecule has 1 aliphatic rings. The summed E-state index contributed by atoms with van der Waals surface area (Å²) in [7, 11) is 0. The molecule has 156 valence electrons. The second-order valence-corrected chi connectivity index (χ2v) is 8.03. The molecule has 0 spiro atoms. The Balaban J connectivity index is 1.44. The Morgan fingerprint density at radius 2 is 1.77 bits per heavy atom. The van der Waals surface area contributed by atoms with Crippen molar-refractivity contribution in [3.8, 4) is 0 Å². The molecule has 3 aromatic rings. The number of anilines is 1. The monoisotopic (exact) mass is 454 g/mol. The standard InChI is InChI=1S/C22H15ClN2O5S/c23-17-5-1-2-6-18(17)25-20(27)15-8-7-13(10-16(15)21(25)28)22(29)30-12-19(26)24-11-14-4-3-9-31-14/h1-10H,11-12H2,(H,24,26). The van der Waals surface area contributed by atoms with Crippen molar-refractivity contribution < 1.29 is 23.9 Å². The highest BCUT2D eigenvalue weighted by Crippen LogP contribution is 2.33. The molecule has 7 nitrogen and oxygen atoms in total. The first-order valence-electron chi connectivity index (χ1n) is 9.19. The number of para-hydroxylation sites is 1. The lowest BCUT2D eigenvalue weighted by Gasteiger charge is -2.15. The number of rotatable bonds is 6. The summed E-state index contributed by atoms with van der Waals surface area (Å²) in [6.07, 6.45) is 0. The van der Waals surface area contributed by atoms with Gasteiger partial charge in [-0.05, 0) is 41.8 Å². The molecular weight excluding hydrogens is 440 g/mol. The molecule has 3 amide bonds. The first kappa shape index (κ1) is 20.8. The highest BCUT2D eigenvalue weighted by atomic mass is 35.5. The Kier molecular flexibility index (Phi) is 5.83. The fourth-order valence-electron chi connectivity index (χ4n) is 3.08. The number of fused-ring (bicyclic) bond motifs is 1. The molecule has 2 heterocycles. The van der Waals surface area contributed by atoms with Crippen LogP contribution in [0.2, 0.25) is 5.02 Å². The summed E-state index contributed by atoms with van der Waals surface area (Å²) < 4.78 is 5.03. The predicted octanol–water partition coefficient (Wildman–Crippen LogP) is 3.68. The van der Waals surface area contributed by atoms with Gasteiger partial charge in [-0.25, -0.2) is 9.69 Å².